The Bertz CT molecular complexity index is 692. The monoisotopic (exact) mass is 396 g/mol. The maximum atomic E-state index is 13.0. The number of amides is 1. The van der Waals surface area contributed by atoms with E-state index in [1.807, 2.05) is 37.9 Å². The standard InChI is InChI=1S/C20H29ClN2O4/c1-19(2,12-24)11-22-17(25)15-10-20(3,18(26)27-5)23(4)16(15)13-6-8-14(21)9-7-13/h6-9,15-16,24H,10-12H2,1-5H3,(H,22,25)/t15-,16-,20-/m1/s1. The van der Waals surface area contributed by atoms with Crippen LogP contribution in [0.4, 0.5) is 0 Å². The number of methoxy groups -OCH3 is 1. The molecule has 6 nitrogen and oxygen atoms in total. The first-order valence-electron chi connectivity index (χ1n) is 9.01. The van der Waals surface area contributed by atoms with Crippen LogP contribution in [0.15, 0.2) is 24.3 Å². The molecule has 0 aliphatic carbocycles. The third kappa shape index (κ3) is 4.45. The summed E-state index contributed by atoms with van der Waals surface area (Å²) in [6.45, 7) is 5.88. The van der Waals surface area contributed by atoms with Gasteiger partial charge in [0.1, 0.15) is 5.54 Å². The van der Waals surface area contributed by atoms with Crippen molar-refractivity contribution in [2.45, 2.75) is 38.8 Å². The number of aliphatic hydroxyl groups is 1. The zero-order chi connectivity index (χ0) is 20.4. The van der Waals surface area contributed by atoms with Gasteiger partial charge in [0.25, 0.3) is 0 Å². The number of esters is 1. The molecule has 0 bridgehead atoms. The van der Waals surface area contributed by atoms with E-state index in [-0.39, 0.29) is 24.5 Å². The molecule has 2 N–H and O–H groups in total. The van der Waals surface area contributed by atoms with E-state index < -0.39 is 16.9 Å². The number of ether oxygens (including phenoxy) is 1. The van der Waals surface area contributed by atoms with Gasteiger partial charge in [-0.15, -0.1) is 0 Å². The highest BCUT2D eigenvalue weighted by Crippen LogP contribution is 2.46. The maximum Gasteiger partial charge on any atom is 0.326 e. The van der Waals surface area contributed by atoms with Crippen molar-refractivity contribution in [3.63, 3.8) is 0 Å². The molecular formula is C20H29ClN2O4. The highest BCUT2D eigenvalue weighted by Gasteiger charge is 2.54. The van der Waals surface area contributed by atoms with Gasteiger partial charge < -0.3 is 15.2 Å². The van der Waals surface area contributed by atoms with Gasteiger partial charge in [-0.05, 0) is 38.1 Å². The molecule has 2 rings (SSSR count). The van der Waals surface area contributed by atoms with Crippen LogP contribution in [0.5, 0.6) is 0 Å². The third-order valence-electron chi connectivity index (χ3n) is 5.54. The number of likely N-dealkylation sites (tertiary alicyclic amines) is 1. The maximum absolute atomic E-state index is 13.0. The number of nitrogens with zero attached hydrogens (tertiary/aromatic N) is 1. The minimum absolute atomic E-state index is 0.0294. The van der Waals surface area contributed by atoms with Crippen LogP contribution >= 0.6 is 11.6 Å². The fourth-order valence-electron chi connectivity index (χ4n) is 3.57. The summed E-state index contributed by atoms with van der Waals surface area (Å²) in [7, 11) is 3.19. The number of halogens is 1. The van der Waals surface area contributed by atoms with Crippen molar-refractivity contribution in [1.82, 2.24) is 10.2 Å². The predicted octanol–water partition coefficient (Wildman–Crippen LogP) is 2.40. The molecule has 1 aliphatic heterocycles. The van der Waals surface area contributed by atoms with Gasteiger partial charge in [0.2, 0.25) is 5.91 Å². The highest BCUT2D eigenvalue weighted by molar-refractivity contribution is 6.30. The molecule has 0 saturated carbocycles. The number of rotatable bonds is 6. The minimum atomic E-state index is -0.909. The van der Waals surface area contributed by atoms with E-state index in [0.717, 1.165) is 5.56 Å². The molecule has 1 heterocycles. The highest BCUT2D eigenvalue weighted by atomic mass is 35.5. The van der Waals surface area contributed by atoms with Gasteiger partial charge in [0, 0.05) is 29.6 Å². The third-order valence-corrected chi connectivity index (χ3v) is 5.79. The Morgan fingerprint density at radius 1 is 1.37 bits per heavy atom. The average molecular weight is 397 g/mol. The zero-order valence-corrected chi connectivity index (χ0v) is 17.3. The second kappa shape index (κ2) is 8.17. The molecule has 1 aromatic carbocycles. The van der Waals surface area contributed by atoms with Crippen molar-refractivity contribution < 1.29 is 19.4 Å². The Morgan fingerprint density at radius 3 is 2.48 bits per heavy atom. The molecule has 1 aromatic rings. The molecule has 1 saturated heterocycles. The Kier molecular flexibility index (Phi) is 6.55. The predicted molar refractivity (Wildman–Crippen MR) is 104 cm³/mol. The van der Waals surface area contributed by atoms with Crippen molar-refractivity contribution in [3.05, 3.63) is 34.9 Å². The van der Waals surface area contributed by atoms with Crippen LogP contribution in [0.2, 0.25) is 5.02 Å². The Hall–Kier alpha value is -1.63. The zero-order valence-electron chi connectivity index (χ0n) is 16.6. The van der Waals surface area contributed by atoms with Gasteiger partial charge in [0.15, 0.2) is 0 Å². The lowest BCUT2D eigenvalue weighted by Crippen LogP contribution is -2.47. The fourth-order valence-corrected chi connectivity index (χ4v) is 3.70. The van der Waals surface area contributed by atoms with E-state index in [1.165, 1.54) is 7.11 Å². The molecule has 0 radical (unpaired) electrons. The molecule has 0 spiro atoms. The summed E-state index contributed by atoms with van der Waals surface area (Å²) in [6.07, 6.45) is 0.342. The summed E-state index contributed by atoms with van der Waals surface area (Å²) in [6, 6.07) is 7.03. The van der Waals surface area contributed by atoms with Gasteiger partial charge in [-0.2, -0.15) is 0 Å². The first-order chi connectivity index (χ1) is 12.6. The lowest BCUT2D eigenvalue weighted by molar-refractivity contribution is -0.152. The molecule has 0 unspecified atom stereocenters. The van der Waals surface area contributed by atoms with Crippen molar-refractivity contribution in [2.75, 3.05) is 27.3 Å². The van der Waals surface area contributed by atoms with Crippen molar-refractivity contribution in [2.24, 2.45) is 11.3 Å². The molecular weight excluding hydrogens is 368 g/mol. The van der Waals surface area contributed by atoms with Crippen LogP contribution in [0.25, 0.3) is 0 Å². The number of nitrogens with one attached hydrogen (secondary N) is 1. The van der Waals surface area contributed by atoms with Gasteiger partial charge in [-0.25, -0.2) is 0 Å². The van der Waals surface area contributed by atoms with E-state index in [1.54, 1.807) is 19.1 Å². The number of hydrogen-bond acceptors (Lipinski definition) is 5. The molecule has 1 aliphatic rings. The Labute approximate surface area is 165 Å². The Morgan fingerprint density at radius 2 is 1.96 bits per heavy atom. The minimum Gasteiger partial charge on any atom is -0.468 e. The van der Waals surface area contributed by atoms with E-state index in [2.05, 4.69) is 5.32 Å². The van der Waals surface area contributed by atoms with E-state index in [0.29, 0.717) is 18.0 Å². The van der Waals surface area contributed by atoms with E-state index in [4.69, 9.17) is 16.3 Å². The van der Waals surface area contributed by atoms with E-state index >= 15 is 0 Å². The molecule has 7 heteroatoms. The molecule has 1 amide bonds. The summed E-state index contributed by atoms with van der Waals surface area (Å²) in [5, 5.41) is 13.0. The van der Waals surface area contributed by atoms with Crippen LogP contribution < -0.4 is 5.32 Å². The average Bonchev–Trinajstić information content (AvgIpc) is 2.92. The molecule has 27 heavy (non-hydrogen) atoms. The largest absolute Gasteiger partial charge is 0.468 e. The molecule has 3 atom stereocenters. The normalized spacial score (nSPS) is 26.0. The SMILES string of the molecule is COC(=O)[C@@]1(C)C[C@@H](C(=O)NCC(C)(C)CO)[C@@H](c2ccc(Cl)cc2)N1C. The first kappa shape index (κ1) is 21.7. The second-order valence-corrected chi connectivity index (χ2v) is 8.66. The summed E-state index contributed by atoms with van der Waals surface area (Å²) in [5.74, 6) is -0.944. The van der Waals surface area contributed by atoms with Crippen molar-refractivity contribution in [3.8, 4) is 0 Å². The molecule has 150 valence electrons. The van der Waals surface area contributed by atoms with Gasteiger partial charge in [-0.1, -0.05) is 37.6 Å². The lowest BCUT2D eigenvalue weighted by atomic mass is 9.88. The fraction of sp³-hybridized carbons (Fsp3) is 0.600. The summed E-state index contributed by atoms with van der Waals surface area (Å²) < 4.78 is 5.00. The smallest absolute Gasteiger partial charge is 0.326 e. The Balaban J connectivity index is 2.34. The summed E-state index contributed by atoms with van der Waals surface area (Å²) in [5.41, 5.74) is -0.411. The molecule has 0 aromatic heterocycles. The van der Waals surface area contributed by atoms with Crippen LogP contribution in [0.3, 0.4) is 0 Å². The topological polar surface area (TPSA) is 78.9 Å². The van der Waals surface area contributed by atoms with Crippen LogP contribution in [-0.4, -0.2) is 54.7 Å². The lowest BCUT2D eigenvalue weighted by Gasteiger charge is -2.33. The van der Waals surface area contributed by atoms with Crippen molar-refractivity contribution in [1.29, 1.82) is 0 Å². The second-order valence-electron chi connectivity index (χ2n) is 8.22. The quantitative estimate of drug-likeness (QED) is 0.722. The van der Waals surface area contributed by atoms with Crippen LogP contribution in [0.1, 0.15) is 38.8 Å². The number of hydrogen-bond donors (Lipinski definition) is 2. The number of benzene rings is 1. The number of carbonyl (C=O) groups excluding carboxylic acids is 2. The molecule has 1 fully saturated rings. The van der Waals surface area contributed by atoms with Crippen LogP contribution in [0, 0.1) is 11.3 Å². The first-order valence-corrected chi connectivity index (χ1v) is 9.39. The summed E-state index contributed by atoms with van der Waals surface area (Å²) >= 11 is 6.01. The van der Waals surface area contributed by atoms with Gasteiger partial charge >= 0.3 is 5.97 Å². The number of carbonyl (C=O) groups is 2. The van der Waals surface area contributed by atoms with Gasteiger partial charge in [0.05, 0.1) is 13.0 Å². The van der Waals surface area contributed by atoms with E-state index in [9.17, 15) is 14.7 Å². The number of aliphatic hydroxyl groups excluding tert-OH is 1. The summed E-state index contributed by atoms with van der Waals surface area (Å²) in [4.78, 5) is 27.4. The van der Waals surface area contributed by atoms with Crippen molar-refractivity contribution >= 4 is 23.5 Å². The van der Waals surface area contributed by atoms with Gasteiger partial charge in [-0.3, -0.25) is 14.5 Å². The van der Waals surface area contributed by atoms with Crippen LogP contribution in [-0.2, 0) is 14.3 Å². The number of likely N-dealkylation sites (N-methyl/N-ethyl adjacent to an activating group) is 1.